The lowest BCUT2D eigenvalue weighted by molar-refractivity contribution is 0.231. The van der Waals surface area contributed by atoms with Gasteiger partial charge in [0.25, 0.3) is 0 Å². The van der Waals surface area contributed by atoms with Gasteiger partial charge in [-0.3, -0.25) is 4.90 Å². The Labute approximate surface area is 115 Å². The van der Waals surface area contributed by atoms with E-state index in [0.29, 0.717) is 5.70 Å². The van der Waals surface area contributed by atoms with Gasteiger partial charge in [0.1, 0.15) is 5.82 Å². The number of pyridine rings is 1. The van der Waals surface area contributed by atoms with Crippen molar-refractivity contribution in [3.63, 3.8) is 0 Å². The van der Waals surface area contributed by atoms with Crippen LogP contribution in [0.1, 0.15) is 19.4 Å². The molecule has 0 aromatic carbocycles. The van der Waals surface area contributed by atoms with Crippen LogP contribution >= 0.6 is 0 Å². The van der Waals surface area contributed by atoms with E-state index in [0.717, 1.165) is 43.5 Å². The molecule has 2 rings (SSSR count). The standard InChI is InChI=1S/C15H24N4/c1-12(2)11-18-6-8-19(9-7-18)15-5-4-14(10-17-15)13(3)16/h4-5,10,12H,3,6-9,11,16H2,1-2H3. The maximum atomic E-state index is 5.65. The molecule has 0 radical (unpaired) electrons. The third-order valence-electron chi connectivity index (χ3n) is 3.44. The molecule has 2 heterocycles. The van der Waals surface area contributed by atoms with E-state index < -0.39 is 0 Å². The van der Waals surface area contributed by atoms with Crippen LogP contribution in [-0.4, -0.2) is 42.6 Å². The zero-order chi connectivity index (χ0) is 13.8. The Morgan fingerprint density at radius 3 is 2.47 bits per heavy atom. The lowest BCUT2D eigenvalue weighted by Crippen LogP contribution is -2.47. The van der Waals surface area contributed by atoms with Crippen LogP contribution in [0.3, 0.4) is 0 Å². The zero-order valence-corrected chi connectivity index (χ0v) is 12.0. The Bertz CT molecular complexity index is 416. The molecular weight excluding hydrogens is 236 g/mol. The Balaban J connectivity index is 1.92. The first-order chi connectivity index (χ1) is 9.06. The van der Waals surface area contributed by atoms with Gasteiger partial charge < -0.3 is 10.6 Å². The average molecular weight is 260 g/mol. The normalized spacial score (nSPS) is 16.9. The summed E-state index contributed by atoms with van der Waals surface area (Å²) < 4.78 is 0. The third kappa shape index (κ3) is 3.70. The van der Waals surface area contributed by atoms with Gasteiger partial charge >= 0.3 is 0 Å². The number of aromatic nitrogens is 1. The molecule has 0 saturated carbocycles. The molecule has 1 aliphatic heterocycles. The van der Waals surface area contributed by atoms with Crippen molar-refractivity contribution in [1.82, 2.24) is 9.88 Å². The zero-order valence-electron chi connectivity index (χ0n) is 12.0. The van der Waals surface area contributed by atoms with Crippen molar-refractivity contribution < 1.29 is 0 Å². The van der Waals surface area contributed by atoms with E-state index in [1.165, 1.54) is 6.54 Å². The molecule has 1 aliphatic rings. The van der Waals surface area contributed by atoms with E-state index >= 15 is 0 Å². The second kappa shape index (κ2) is 6.06. The number of nitrogens with two attached hydrogens (primary N) is 1. The summed E-state index contributed by atoms with van der Waals surface area (Å²) in [5.74, 6) is 1.77. The van der Waals surface area contributed by atoms with E-state index in [2.05, 4.69) is 35.2 Å². The minimum absolute atomic E-state index is 0.570. The SMILES string of the molecule is C=C(N)c1ccc(N2CCN(CC(C)C)CC2)nc1. The molecule has 1 saturated heterocycles. The lowest BCUT2D eigenvalue weighted by Gasteiger charge is -2.36. The van der Waals surface area contributed by atoms with Gasteiger partial charge in [0.15, 0.2) is 0 Å². The van der Waals surface area contributed by atoms with Gasteiger partial charge in [-0.2, -0.15) is 0 Å². The summed E-state index contributed by atoms with van der Waals surface area (Å²) in [6.07, 6.45) is 1.80. The highest BCUT2D eigenvalue weighted by atomic mass is 15.3. The number of piperazine rings is 1. The monoisotopic (exact) mass is 260 g/mol. The van der Waals surface area contributed by atoms with E-state index in [1.807, 2.05) is 12.1 Å². The first-order valence-electron chi connectivity index (χ1n) is 6.94. The molecule has 1 fully saturated rings. The van der Waals surface area contributed by atoms with E-state index in [1.54, 1.807) is 6.20 Å². The Kier molecular flexibility index (Phi) is 4.43. The van der Waals surface area contributed by atoms with E-state index in [9.17, 15) is 0 Å². The molecule has 4 nitrogen and oxygen atoms in total. The molecule has 0 spiro atoms. The van der Waals surface area contributed by atoms with Crippen LogP contribution in [0.15, 0.2) is 24.9 Å². The van der Waals surface area contributed by atoms with Crippen LogP contribution in [0.5, 0.6) is 0 Å². The summed E-state index contributed by atoms with van der Waals surface area (Å²) >= 11 is 0. The average Bonchev–Trinajstić information content (AvgIpc) is 2.39. The molecule has 2 N–H and O–H groups in total. The van der Waals surface area contributed by atoms with Gasteiger partial charge in [0.2, 0.25) is 0 Å². The van der Waals surface area contributed by atoms with Gasteiger partial charge in [0.05, 0.1) is 0 Å². The summed E-state index contributed by atoms with van der Waals surface area (Å²) in [7, 11) is 0. The van der Waals surface area contributed by atoms with Crippen LogP contribution < -0.4 is 10.6 Å². The van der Waals surface area contributed by atoms with Crippen LogP contribution in [0.25, 0.3) is 5.70 Å². The number of hydrogen-bond donors (Lipinski definition) is 1. The number of hydrogen-bond acceptors (Lipinski definition) is 4. The fraction of sp³-hybridized carbons (Fsp3) is 0.533. The van der Waals surface area contributed by atoms with Crippen molar-refractivity contribution in [2.45, 2.75) is 13.8 Å². The molecule has 4 heteroatoms. The Morgan fingerprint density at radius 2 is 2.00 bits per heavy atom. The van der Waals surface area contributed by atoms with Crippen LogP contribution in [0.2, 0.25) is 0 Å². The van der Waals surface area contributed by atoms with Gasteiger partial charge in [-0.25, -0.2) is 4.98 Å². The van der Waals surface area contributed by atoms with Crippen LogP contribution in [-0.2, 0) is 0 Å². The van der Waals surface area contributed by atoms with Crippen molar-refractivity contribution in [2.75, 3.05) is 37.6 Å². The summed E-state index contributed by atoms with van der Waals surface area (Å²) in [4.78, 5) is 9.33. The van der Waals surface area contributed by atoms with Gasteiger partial charge in [-0.05, 0) is 18.1 Å². The van der Waals surface area contributed by atoms with Crippen molar-refractivity contribution in [1.29, 1.82) is 0 Å². The summed E-state index contributed by atoms with van der Waals surface area (Å²) in [5, 5.41) is 0. The predicted octanol–water partition coefficient (Wildman–Crippen LogP) is 1.79. The largest absolute Gasteiger partial charge is 0.399 e. The first kappa shape index (κ1) is 13.9. The topological polar surface area (TPSA) is 45.4 Å². The fourth-order valence-corrected chi connectivity index (χ4v) is 2.44. The molecule has 0 amide bonds. The predicted molar refractivity (Wildman–Crippen MR) is 80.9 cm³/mol. The molecule has 1 aromatic rings. The molecule has 0 atom stereocenters. The first-order valence-corrected chi connectivity index (χ1v) is 6.94. The van der Waals surface area contributed by atoms with Crippen LogP contribution in [0.4, 0.5) is 5.82 Å². The lowest BCUT2D eigenvalue weighted by atomic mass is 10.2. The summed E-state index contributed by atoms with van der Waals surface area (Å²) in [6, 6.07) is 4.02. The van der Waals surface area contributed by atoms with Crippen molar-refractivity contribution >= 4 is 11.5 Å². The molecule has 0 bridgehead atoms. The minimum atomic E-state index is 0.570. The fourth-order valence-electron chi connectivity index (χ4n) is 2.44. The molecule has 19 heavy (non-hydrogen) atoms. The smallest absolute Gasteiger partial charge is 0.128 e. The quantitative estimate of drug-likeness (QED) is 0.896. The van der Waals surface area contributed by atoms with E-state index in [-0.39, 0.29) is 0 Å². The Hall–Kier alpha value is -1.55. The second-order valence-electron chi connectivity index (χ2n) is 5.61. The summed E-state index contributed by atoms with van der Waals surface area (Å²) in [6.45, 7) is 13.8. The van der Waals surface area contributed by atoms with Gasteiger partial charge in [-0.15, -0.1) is 0 Å². The van der Waals surface area contributed by atoms with E-state index in [4.69, 9.17) is 5.73 Å². The number of rotatable bonds is 4. The summed E-state index contributed by atoms with van der Waals surface area (Å²) in [5.41, 5.74) is 7.13. The van der Waals surface area contributed by atoms with Crippen molar-refractivity contribution in [3.8, 4) is 0 Å². The molecule has 104 valence electrons. The number of anilines is 1. The van der Waals surface area contributed by atoms with Crippen molar-refractivity contribution in [3.05, 3.63) is 30.5 Å². The highest BCUT2D eigenvalue weighted by molar-refractivity contribution is 5.60. The second-order valence-corrected chi connectivity index (χ2v) is 5.61. The molecular formula is C15H24N4. The van der Waals surface area contributed by atoms with Crippen molar-refractivity contribution in [2.24, 2.45) is 11.7 Å². The van der Waals surface area contributed by atoms with Gasteiger partial charge in [0, 0.05) is 50.2 Å². The number of nitrogens with zero attached hydrogens (tertiary/aromatic N) is 3. The highest BCUT2D eigenvalue weighted by Crippen LogP contribution is 2.16. The molecule has 0 unspecified atom stereocenters. The third-order valence-corrected chi connectivity index (χ3v) is 3.44. The minimum Gasteiger partial charge on any atom is -0.399 e. The Morgan fingerprint density at radius 1 is 1.32 bits per heavy atom. The maximum absolute atomic E-state index is 5.65. The maximum Gasteiger partial charge on any atom is 0.128 e. The highest BCUT2D eigenvalue weighted by Gasteiger charge is 2.18. The van der Waals surface area contributed by atoms with Gasteiger partial charge in [-0.1, -0.05) is 20.4 Å². The van der Waals surface area contributed by atoms with Crippen LogP contribution in [0, 0.1) is 5.92 Å². The molecule has 0 aliphatic carbocycles. The molecule has 1 aromatic heterocycles.